The van der Waals surface area contributed by atoms with Crippen LogP contribution in [0.5, 0.6) is 5.88 Å². The second-order valence-electron chi connectivity index (χ2n) is 4.88. The summed E-state index contributed by atoms with van der Waals surface area (Å²) in [6.07, 6.45) is 0. The second kappa shape index (κ2) is 6.37. The Labute approximate surface area is 128 Å². The molecule has 0 aliphatic heterocycles. The number of aliphatic hydroxyl groups is 1. The molecule has 1 heterocycles. The van der Waals surface area contributed by atoms with Gasteiger partial charge in [-0.05, 0) is 12.1 Å². The summed E-state index contributed by atoms with van der Waals surface area (Å²) in [6.45, 7) is -0.279. The van der Waals surface area contributed by atoms with Gasteiger partial charge in [0.15, 0.2) is 6.79 Å². The molecule has 1 aromatic heterocycles. The number of ketones is 1. The molecule has 0 saturated carbocycles. The van der Waals surface area contributed by atoms with Crippen LogP contribution in [0.15, 0.2) is 66.7 Å². The molecular weight excluding hydrogens is 278 g/mol. The fourth-order valence-corrected chi connectivity index (χ4v) is 2.46. The molecule has 0 aliphatic carbocycles. The number of aliphatic hydroxyl groups excluding tert-OH is 1. The van der Waals surface area contributed by atoms with E-state index in [0.29, 0.717) is 11.4 Å². The van der Waals surface area contributed by atoms with E-state index < -0.39 is 6.79 Å². The molecule has 3 aromatic rings. The average Bonchev–Trinajstić information content (AvgIpc) is 2.58. The lowest BCUT2D eigenvalue weighted by atomic mass is 10.1. The molecule has 0 unspecified atom stereocenters. The number of carbonyl (C=O) groups is 1. The van der Waals surface area contributed by atoms with Crippen molar-refractivity contribution in [1.29, 1.82) is 0 Å². The Morgan fingerprint density at radius 3 is 2.45 bits per heavy atom. The van der Waals surface area contributed by atoms with E-state index in [0.717, 1.165) is 10.9 Å². The largest absolute Gasteiger partial charge is 0.417 e. The average molecular weight is 294 g/mol. The quantitative estimate of drug-likeness (QED) is 0.446. The van der Waals surface area contributed by atoms with Crippen LogP contribution in [0.4, 0.5) is 0 Å². The van der Waals surface area contributed by atoms with Crippen LogP contribution < -0.4 is 9.30 Å². The molecule has 2 aromatic carbocycles. The fourth-order valence-electron chi connectivity index (χ4n) is 2.46. The maximum absolute atomic E-state index is 12.5. The molecule has 4 nitrogen and oxygen atoms in total. The number of para-hydroxylation sites is 1. The first-order valence-electron chi connectivity index (χ1n) is 7.03. The van der Waals surface area contributed by atoms with Gasteiger partial charge in [-0.15, -0.1) is 0 Å². The third kappa shape index (κ3) is 2.82. The van der Waals surface area contributed by atoms with Gasteiger partial charge in [0, 0.05) is 17.0 Å². The summed E-state index contributed by atoms with van der Waals surface area (Å²) in [4.78, 5) is 12.5. The molecule has 0 radical (unpaired) electrons. The van der Waals surface area contributed by atoms with E-state index in [2.05, 4.69) is 0 Å². The van der Waals surface area contributed by atoms with Gasteiger partial charge < -0.3 is 9.84 Å². The molecule has 22 heavy (non-hydrogen) atoms. The summed E-state index contributed by atoms with van der Waals surface area (Å²) in [7, 11) is 0. The first-order valence-corrected chi connectivity index (χ1v) is 7.03. The van der Waals surface area contributed by atoms with Crippen molar-refractivity contribution in [1.82, 2.24) is 0 Å². The Morgan fingerprint density at radius 1 is 0.955 bits per heavy atom. The van der Waals surface area contributed by atoms with Crippen LogP contribution in [0.1, 0.15) is 10.4 Å². The maximum atomic E-state index is 12.5. The minimum Gasteiger partial charge on any atom is -0.417 e. The monoisotopic (exact) mass is 294 g/mol. The zero-order valence-electron chi connectivity index (χ0n) is 12.0. The third-order valence-corrected chi connectivity index (χ3v) is 3.51. The number of carbonyl (C=O) groups excluding carboxylic acids is 1. The van der Waals surface area contributed by atoms with Crippen LogP contribution in [0.25, 0.3) is 10.9 Å². The molecule has 0 amide bonds. The van der Waals surface area contributed by atoms with Gasteiger partial charge in [0.05, 0.1) is 6.07 Å². The van der Waals surface area contributed by atoms with Crippen molar-refractivity contribution in [3.05, 3.63) is 72.3 Å². The zero-order chi connectivity index (χ0) is 15.4. The standard InChI is InChI=1S/C18H16NO3/c20-13-22-18-11-10-14-6-4-5-9-16(14)19(18)12-17(21)15-7-2-1-3-8-15/h1-11,20H,12-13H2/q+1. The topological polar surface area (TPSA) is 50.4 Å². The molecule has 0 aliphatic rings. The van der Waals surface area contributed by atoms with Gasteiger partial charge in [-0.3, -0.25) is 4.79 Å². The molecular formula is C18H16NO3+. The molecule has 0 saturated heterocycles. The fraction of sp³-hybridized carbons (Fsp3) is 0.111. The van der Waals surface area contributed by atoms with Crippen LogP contribution in [0, 0.1) is 0 Å². The van der Waals surface area contributed by atoms with Crippen molar-refractivity contribution in [2.45, 2.75) is 6.54 Å². The van der Waals surface area contributed by atoms with Crippen molar-refractivity contribution in [3.8, 4) is 5.88 Å². The predicted molar refractivity (Wildman–Crippen MR) is 82.6 cm³/mol. The lowest BCUT2D eigenvalue weighted by Crippen LogP contribution is -2.40. The smallest absolute Gasteiger partial charge is 0.370 e. The third-order valence-electron chi connectivity index (χ3n) is 3.51. The SMILES string of the molecule is O=C(C[n+]1c(OCO)ccc2ccccc21)c1ccccc1. The Balaban J connectivity index is 2.04. The highest BCUT2D eigenvalue weighted by molar-refractivity contribution is 5.95. The number of rotatable bonds is 5. The summed E-state index contributed by atoms with van der Waals surface area (Å²) in [5.41, 5.74) is 1.54. The molecule has 3 rings (SSSR count). The Bertz CT molecular complexity index is 800. The van der Waals surface area contributed by atoms with Gasteiger partial charge in [0.2, 0.25) is 17.8 Å². The lowest BCUT2D eigenvalue weighted by molar-refractivity contribution is -0.663. The first kappa shape index (κ1) is 14.2. The maximum Gasteiger partial charge on any atom is 0.370 e. The highest BCUT2D eigenvalue weighted by Crippen LogP contribution is 2.15. The van der Waals surface area contributed by atoms with Crippen molar-refractivity contribution < 1.29 is 19.2 Å². The first-order chi connectivity index (χ1) is 10.8. The second-order valence-corrected chi connectivity index (χ2v) is 4.88. The summed E-state index contributed by atoms with van der Waals surface area (Å²) in [5.74, 6) is 0.454. The number of hydrogen-bond donors (Lipinski definition) is 1. The number of Topliss-reactive ketones (excluding diaryl/α,β-unsaturated/α-hetero) is 1. The van der Waals surface area contributed by atoms with E-state index in [-0.39, 0.29) is 12.3 Å². The van der Waals surface area contributed by atoms with Crippen molar-refractivity contribution in [2.75, 3.05) is 6.79 Å². The highest BCUT2D eigenvalue weighted by atomic mass is 16.6. The Hall–Kier alpha value is -2.72. The number of ether oxygens (including phenoxy) is 1. The molecule has 0 bridgehead atoms. The summed E-state index contributed by atoms with van der Waals surface area (Å²) in [6, 6.07) is 20.6. The van der Waals surface area contributed by atoms with E-state index in [1.807, 2.05) is 48.5 Å². The Kier molecular flexibility index (Phi) is 4.12. The van der Waals surface area contributed by atoms with E-state index in [1.165, 1.54) is 0 Å². The molecule has 0 fully saturated rings. The number of aromatic nitrogens is 1. The molecule has 0 spiro atoms. The van der Waals surface area contributed by atoms with Gasteiger partial charge in [-0.25, -0.2) is 0 Å². The predicted octanol–water partition coefficient (Wildman–Crippen LogP) is 2.34. The molecule has 4 heteroatoms. The van der Waals surface area contributed by atoms with Gasteiger partial charge in [-0.1, -0.05) is 42.5 Å². The molecule has 0 atom stereocenters. The van der Waals surface area contributed by atoms with Gasteiger partial charge in [-0.2, -0.15) is 4.57 Å². The summed E-state index contributed by atoms with van der Waals surface area (Å²) in [5, 5.41) is 10.1. The lowest BCUT2D eigenvalue weighted by Gasteiger charge is -2.06. The zero-order valence-corrected chi connectivity index (χ0v) is 12.0. The van der Waals surface area contributed by atoms with E-state index in [1.54, 1.807) is 22.8 Å². The minimum atomic E-state index is -0.433. The number of fused-ring (bicyclic) bond motifs is 1. The Morgan fingerprint density at radius 2 is 1.68 bits per heavy atom. The van der Waals surface area contributed by atoms with E-state index >= 15 is 0 Å². The number of hydrogen-bond acceptors (Lipinski definition) is 3. The van der Waals surface area contributed by atoms with Gasteiger partial charge >= 0.3 is 5.88 Å². The van der Waals surface area contributed by atoms with Gasteiger partial charge in [0.1, 0.15) is 0 Å². The van der Waals surface area contributed by atoms with Crippen molar-refractivity contribution in [3.63, 3.8) is 0 Å². The van der Waals surface area contributed by atoms with Crippen molar-refractivity contribution in [2.24, 2.45) is 0 Å². The summed E-state index contributed by atoms with van der Waals surface area (Å²) >= 11 is 0. The highest BCUT2D eigenvalue weighted by Gasteiger charge is 2.21. The summed E-state index contributed by atoms with van der Waals surface area (Å²) < 4.78 is 7.03. The number of benzene rings is 2. The normalized spacial score (nSPS) is 10.6. The van der Waals surface area contributed by atoms with E-state index in [4.69, 9.17) is 9.84 Å². The number of pyridine rings is 1. The van der Waals surface area contributed by atoms with Gasteiger partial charge in [0.25, 0.3) is 0 Å². The van der Waals surface area contributed by atoms with E-state index in [9.17, 15) is 4.79 Å². The van der Waals surface area contributed by atoms with Crippen LogP contribution >= 0.6 is 0 Å². The van der Waals surface area contributed by atoms with Crippen LogP contribution in [-0.2, 0) is 6.54 Å². The van der Waals surface area contributed by atoms with Crippen LogP contribution in [0.3, 0.4) is 0 Å². The minimum absolute atomic E-state index is 0.00950. The van der Waals surface area contributed by atoms with Crippen LogP contribution in [0.2, 0.25) is 0 Å². The molecule has 1 N–H and O–H groups in total. The van der Waals surface area contributed by atoms with Crippen molar-refractivity contribution >= 4 is 16.7 Å². The van der Waals surface area contributed by atoms with Crippen LogP contribution in [-0.4, -0.2) is 17.7 Å². The molecule has 110 valence electrons. The number of nitrogens with zero attached hydrogens (tertiary/aromatic N) is 1.